The molecule has 4 nitrogen and oxygen atoms in total. The molecule has 0 unspecified atom stereocenters. The van der Waals surface area contributed by atoms with Gasteiger partial charge in [0.15, 0.2) is 5.13 Å². The molecular weight excluding hydrogens is 208 g/mol. The maximum absolute atomic E-state index is 5.61. The Morgan fingerprint density at radius 1 is 1.33 bits per heavy atom. The van der Waals surface area contributed by atoms with Gasteiger partial charge in [-0.15, -0.1) is 11.3 Å². The summed E-state index contributed by atoms with van der Waals surface area (Å²) in [6, 6.07) is 5.88. The highest BCUT2D eigenvalue weighted by molar-refractivity contribution is 7.13. The number of aromatic nitrogens is 3. The summed E-state index contributed by atoms with van der Waals surface area (Å²) in [5.74, 6) is 0. The van der Waals surface area contributed by atoms with Gasteiger partial charge in [0, 0.05) is 11.6 Å². The number of hydrogen-bond donors (Lipinski definition) is 1. The van der Waals surface area contributed by atoms with Crippen LogP contribution in [0.15, 0.2) is 36.0 Å². The second kappa shape index (κ2) is 3.06. The van der Waals surface area contributed by atoms with Gasteiger partial charge in [-0.1, -0.05) is 6.07 Å². The molecule has 3 aromatic rings. The van der Waals surface area contributed by atoms with Gasteiger partial charge in [-0.3, -0.25) is 4.40 Å². The molecule has 0 saturated heterocycles. The predicted molar refractivity (Wildman–Crippen MR) is 60.7 cm³/mol. The topological polar surface area (TPSA) is 56.2 Å². The molecule has 0 spiro atoms. The average Bonchev–Trinajstić information content (AvgIpc) is 2.83. The number of anilines is 1. The zero-order valence-electron chi connectivity index (χ0n) is 7.79. The molecule has 0 aliphatic rings. The Morgan fingerprint density at radius 3 is 3.07 bits per heavy atom. The van der Waals surface area contributed by atoms with Crippen LogP contribution in [-0.4, -0.2) is 14.4 Å². The van der Waals surface area contributed by atoms with Crippen molar-refractivity contribution in [3.63, 3.8) is 0 Å². The van der Waals surface area contributed by atoms with Crippen molar-refractivity contribution in [3.8, 4) is 11.4 Å². The van der Waals surface area contributed by atoms with E-state index in [1.54, 1.807) is 0 Å². The van der Waals surface area contributed by atoms with E-state index in [0.29, 0.717) is 5.13 Å². The van der Waals surface area contributed by atoms with Gasteiger partial charge in [-0.25, -0.2) is 9.97 Å². The van der Waals surface area contributed by atoms with Crippen molar-refractivity contribution in [1.82, 2.24) is 14.4 Å². The first-order valence-electron chi connectivity index (χ1n) is 4.48. The van der Waals surface area contributed by atoms with Gasteiger partial charge in [-0.2, -0.15) is 0 Å². The standard InChI is InChI=1S/C10H8N4S/c11-10-13-7(6-15-10)8-5-12-9-3-1-2-4-14(8)9/h1-6H,(H2,11,13). The van der Waals surface area contributed by atoms with E-state index in [0.717, 1.165) is 17.0 Å². The van der Waals surface area contributed by atoms with Crippen LogP contribution < -0.4 is 5.73 Å². The maximum atomic E-state index is 5.61. The zero-order valence-corrected chi connectivity index (χ0v) is 8.61. The Bertz CT molecular complexity index is 610. The molecule has 3 rings (SSSR count). The minimum absolute atomic E-state index is 0.580. The lowest BCUT2D eigenvalue weighted by molar-refractivity contribution is 1.18. The van der Waals surface area contributed by atoms with Crippen molar-refractivity contribution in [3.05, 3.63) is 36.0 Å². The third-order valence-corrected chi connectivity index (χ3v) is 2.88. The van der Waals surface area contributed by atoms with E-state index in [1.807, 2.05) is 40.4 Å². The molecular formula is C10H8N4S. The van der Waals surface area contributed by atoms with Gasteiger partial charge in [0.25, 0.3) is 0 Å². The molecule has 0 radical (unpaired) electrons. The molecule has 0 amide bonds. The second-order valence-electron chi connectivity index (χ2n) is 3.14. The van der Waals surface area contributed by atoms with Crippen LogP contribution in [-0.2, 0) is 0 Å². The summed E-state index contributed by atoms with van der Waals surface area (Å²) in [4.78, 5) is 8.53. The number of imidazole rings is 1. The van der Waals surface area contributed by atoms with Gasteiger partial charge in [0.05, 0.1) is 11.9 Å². The van der Waals surface area contributed by atoms with Crippen LogP contribution >= 0.6 is 11.3 Å². The number of fused-ring (bicyclic) bond motifs is 1. The van der Waals surface area contributed by atoms with Crippen molar-refractivity contribution in [2.75, 3.05) is 5.73 Å². The van der Waals surface area contributed by atoms with E-state index in [-0.39, 0.29) is 0 Å². The second-order valence-corrected chi connectivity index (χ2v) is 4.03. The summed E-state index contributed by atoms with van der Waals surface area (Å²) >= 11 is 1.44. The molecule has 0 saturated carbocycles. The SMILES string of the molecule is Nc1nc(-c2cnc3ccccn23)cs1. The van der Waals surface area contributed by atoms with Crippen LogP contribution in [0.2, 0.25) is 0 Å². The molecule has 74 valence electrons. The molecule has 0 bridgehead atoms. The monoisotopic (exact) mass is 216 g/mol. The van der Waals surface area contributed by atoms with Crippen LogP contribution in [0.1, 0.15) is 0 Å². The Balaban J connectivity index is 2.27. The number of rotatable bonds is 1. The number of hydrogen-bond acceptors (Lipinski definition) is 4. The van der Waals surface area contributed by atoms with Crippen LogP contribution in [0.25, 0.3) is 17.0 Å². The van der Waals surface area contributed by atoms with Crippen molar-refractivity contribution >= 4 is 22.1 Å². The summed E-state index contributed by atoms with van der Waals surface area (Å²) in [6.45, 7) is 0. The number of nitrogens with two attached hydrogens (primary N) is 1. The minimum atomic E-state index is 0.580. The smallest absolute Gasteiger partial charge is 0.180 e. The summed E-state index contributed by atoms with van der Waals surface area (Å²) in [7, 11) is 0. The number of nitrogens with zero attached hydrogens (tertiary/aromatic N) is 3. The predicted octanol–water partition coefficient (Wildman–Crippen LogP) is 2.04. The van der Waals surface area contributed by atoms with E-state index in [9.17, 15) is 0 Å². The Morgan fingerprint density at radius 2 is 2.27 bits per heavy atom. The first-order valence-corrected chi connectivity index (χ1v) is 5.36. The number of nitrogen functional groups attached to an aromatic ring is 1. The lowest BCUT2D eigenvalue weighted by atomic mass is 10.3. The lowest BCUT2D eigenvalue weighted by Crippen LogP contribution is -1.88. The normalized spacial score (nSPS) is 10.9. The molecule has 3 aromatic heterocycles. The zero-order chi connectivity index (χ0) is 10.3. The van der Waals surface area contributed by atoms with Gasteiger partial charge in [0.1, 0.15) is 11.3 Å². The van der Waals surface area contributed by atoms with E-state index < -0.39 is 0 Å². The lowest BCUT2D eigenvalue weighted by Gasteiger charge is -1.96. The van der Waals surface area contributed by atoms with Crippen molar-refractivity contribution < 1.29 is 0 Å². The molecule has 0 fully saturated rings. The quantitative estimate of drug-likeness (QED) is 0.677. The van der Waals surface area contributed by atoms with Crippen molar-refractivity contribution in [1.29, 1.82) is 0 Å². The van der Waals surface area contributed by atoms with E-state index in [4.69, 9.17) is 5.73 Å². The Labute approximate surface area is 90.0 Å². The Hall–Kier alpha value is -1.88. The first kappa shape index (κ1) is 8.43. The van der Waals surface area contributed by atoms with Crippen LogP contribution in [0.4, 0.5) is 5.13 Å². The summed E-state index contributed by atoms with van der Waals surface area (Å²) in [5, 5.41) is 2.52. The van der Waals surface area contributed by atoms with Crippen LogP contribution in [0, 0.1) is 0 Å². The molecule has 0 aliphatic carbocycles. The Kier molecular flexibility index (Phi) is 1.72. The highest BCUT2D eigenvalue weighted by Gasteiger charge is 2.07. The summed E-state index contributed by atoms with van der Waals surface area (Å²) in [6.07, 6.45) is 3.77. The van der Waals surface area contributed by atoms with Gasteiger partial charge >= 0.3 is 0 Å². The fraction of sp³-hybridized carbons (Fsp3) is 0. The molecule has 0 aliphatic heterocycles. The highest BCUT2D eigenvalue weighted by atomic mass is 32.1. The largest absolute Gasteiger partial charge is 0.375 e. The number of thiazole rings is 1. The number of pyridine rings is 1. The molecule has 2 N–H and O–H groups in total. The summed E-state index contributed by atoms with van der Waals surface area (Å²) in [5.41, 5.74) is 8.36. The van der Waals surface area contributed by atoms with Crippen molar-refractivity contribution in [2.24, 2.45) is 0 Å². The molecule has 5 heteroatoms. The maximum Gasteiger partial charge on any atom is 0.180 e. The first-order chi connectivity index (χ1) is 7.34. The van der Waals surface area contributed by atoms with Gasteiger partial charge in [0.2, 0.25) is 0 Å². The third kappa shape index (κ3) is 1.28. The fourth-order valence-corrected chi connectivity index (χ4v) is 2.08. The third-order valence-electron chi connectivity index (χ3n) is 2.20. The van der Waals surface area contributed by atoms with Crippen molar-refractivity contribution in [2.45, 2.75) is 0 Å². The fourth-order valence-electron chi connectivity index (χ4n) is 1.53. The van der Waals surface area contributed by atoms with Crippen LogP contribution in [0.5, 0.6) is 0 Å². The van der Waals surface area contributed by atoms with E-state index >= 15 is 0 Å². The van der Waals surface area contributed by atoms with E-state index in [1.165, 1.54) is 11.3 Å². The summed E-state index contributed by atoms with van der Waals surface area (Å²) < 4.78 is 1.99. The molecule has 15 heavy (non-hydrogen) atoms. The molecule has 0 aromatic carbocycles. The van der Waals surface area contributed by atoms with Gasteiger partial charge in [-0.05, 0) is 12.1 Å². The molecule has 3 heterocycles. The minimum Gasteiger partial charge on any atom is -0.375 e. The highest BCUT2D eigenvalue weighted by Crippen LogP contribution is 2.23. The average molecular weight is 216 g/mol. The van der Waals surface area contributed by atoms with Gasteiger partial charge < -0.3 is 5.73 Å². The van der Waals surface area contributed by atoms with E-state index in [2.05, 4.69) is 9.97 Å². The molecule has 0 atom stereocenters. The van der Waals surface area contributed by atoms with Crippen LogP contribution in [0.3, 0.4) is 0 Å².